The molecular weight excluding hydrogens is 378 g/mol. The molecule has 1 aliphatic rings. The molecule has 1 atom stereocenters. The second-order valence-corrected chi connectivity index (χ2v) is 7.77. The van der Waals surface area contributed by atoms with Crippen molar-refractivity contribution in [3.63, 3.8) is 0 Å². The van der Waals surface area contributed by atoms with Crippen LogP contribution < -0.4 is 14.8 Å². The molecule has 1 aliphatic heterocycles. The summed E-state index contributed by atoms with van der Waals surface area (Å²) >= 11 is 0. The number of carbonyl (C=O) groups is 1. The molecule has 3 rings (SSSR count). The number of methoxy groups -OCH3 is 2. The Kier molecular flexibility index (Phi) is 7.97. The SMILES string of the molecule is COc1ccc(OC)c(C2CCCN2C(=O)NCCCN(C)Cc2ccccc2)c1. The van der Waals surface area contributed by atoms with E-state index in [0.29, 0.717) is 6.54 Å². The molecule has 0 radical (unpaired) electrons. The Labute approximate surface area is 179 Å². The van der Waals surface area contributed by atoms with Gasteiger partial charge >= 0.3 is 6.03 Å². The monoisotopic (exact) mass is 411 g/mol. The second-order valence-electron chi connectivity index (χ2n) is 7.77. The van der Waals surface area contributed by atoms with Gasteiger partial charge in [0.15, 0.2) is 0 Å². The van der Waals surface area contributed by atoms with E-state index in [9.17, 15) is 4.79 Å². The van der Waals surface area contributed by atoms with Gasteiger partial charge in [-0.05, 0) is 56.6 Å². The largest absolute Gasteiger partial charge is 0.497 e. The van der Waals surface area contributed by atoms with Crippen LogP contribution in [-0.4, -0.2) is 56.7 Å². The summed E-state index contributed by atoms with van der Waals surface area (Å²) in [7, 11) is 5.43. The maximum absolute atomic E-state index is 12.8. The highest BCUT2D eigenvalue weighted by molar-refractivity contribution is 5.75. The average Bonchev–Trinajstić information content (AvgIpc) is 3.26. The van der Waals surface area contributed by atoms with Gasteiger partial charge in [-0.15, -0.1) is 0 Å². The van der Waals surface area contributed by atoms with Crippen molar-refractivity contribution in [1.29, 1.82) is 0 Å². The minimum Gasteiger partial charge on any atom is -0.497 e. The van der Waals surface area contributed by atoms with Crippen LogP contribution in [0.1, 0.15) is 36.4 Å². The summed E-state index contributed by atoms with van der Waals surface area (Å²) in [6.07, 6.45) is 2.82. The molecule has 2 aromatic rings. The van der Waals surface area contributed by atoms with E-state index in [2.05, 4.69) is 41.5 Å². The summed E-state index contributed by atoms with van der Waals surface area (Å²) in [5.41, 5.74) is 2.31. The molecule has 6 nitrogen and oxygen atoms in total. The van der Waals surface area contributed by atoms with E-state index >= 15 is 0 Å². The van der Waals surface area contributed by atoms with Gasteiger partial charge in [0.2, 0.25) is 0 Å². The van der Waals surface area contributed by atoms with Crippen LogP contribution in [0.5, 0.6) is 11.5 Å². The summed E-state index contributed by atoms with van der Waals surface area (Å²) in [6.45, 7) is 3.27. The molecule has 0 bridgehead atoms. The third-order valence-corrected chi connectivity index (χ3v) is 5.60. The number of hydrogen-bond donors (Lipinski definition) is 1. The van der Waals surface area contributed by atoms with Crippen molar-refractivity contribution in [1.82, 2.24) is 15.1 Å². The first-order valence-corrected chi connectivity index (χ1v) is 10.6. The Morgan fingerprint density at radius 2 is 1.97 bits per heavy atom. The quantitative estimate of drug-likeness (QED) is 0.632. The number of urea groups is 1. The van der Waals surface area contributed by atoms with Gasteiger partial charge < -0.3 is 24.6 Å². The highest BCUT2D eigenvalue weighted by Crippen LogP contribution is 2.38. The van der Waals surface area contributed by atoms with E-state index < -0.39 is 0 Å². The van der Waals surface area contributed by atoms with Crippen molar-refractivity contribution in [2.24, 2.45) is 0 Å². The molecule has 162 valence electrons. The third-order valence-electron chi connectivity index (χ3n) is 5.60. The molecule has 0 aromatic heterocycles. The number of hydrogen-bond acceptors (Lipinski definition) is 4. The van der Waals surface area contributed by atoms with Crippen LogP contribution in [0.2, 0.25) is 0 Å². The Balaban J connectivity index is 1.50. The van der Waals surface area contributed by atoms with Gasteiger partial charge in [-0.25, -0.2) is 4.79 Å². The molecule has 1 heterocycles. The van der Waals surface area contributed by atoms with Crippen molar-refractivity contribution in [3.05, 3.63) is 59.7 Å². The van der Waals surface area contributed by atoms with E-state index in [0.717, 1.165) is 56.0 Å². The van der Waals surface area contributed by atoms with Crippen molar-refractivity contribution < 1.29 is 14.3 Å². The molecule has 30 heavy (non-hydrogen) atoms. The molecule has 0 spiro atoms. The molecule has 0 saturated carbocycles. The second kappa shape index (κ2) is 10.9. The molecule has 2 amide bonds. The Morgan fingerprint density at radius 1 is 1.17 bits per heavy atom. The Hall–Kier alpha value is -2.73. The number of carbonyl (C=O) groups excluding carboxylic acids is 1. The molecule has 1 N–H and O–H groups in total. The predicted molar refractivity (Wildman–Crippen MR) is 119 cm³/mol. The highest BCUT2D eigenvalue weighted by Gasteiger charge is 2.32. The van der Waals surface area contributed by atoms with Crippen LogP contribution in [0.4, 0.5) is 4.79 Å². The summed E-state index contributed by atoms with van der Waals surface area (Å²) in [6, 6.07) is 16.2. The maximum atomic E-state index is 12.8. The fraction of sp³-hybridized carbons (Fsp3) is 0.458. The Morgan fingerprint density at radius 3 is 2.70 bits per heavy atom. The summed E-state index contributed by atoms with van der Waals surface area (Å²) < 4.78 is 10.9. The number of benzene rings is 2. The number of ether oxygens (including phenoxy) is 2. The molecular formula is C24H33N3O3. The molecule has 1 saturated heterocycles. The molecule has 2 aromatic carbocycles. The van der Waals surface area contributed by atoms with Crippen LogP contribution in [-0.2, 0) is 6.54 Å². The number of nitrogens with zero attached hydrogens (tertiary/aromatic N) is 2. The van der Waals surface area contributed by atoms with Crippen LogP contribution in [0.3, 0.4) is 0 Å². The summed E-state index contributed by atoms with van der Waals surface area (Å²) in [5.74, 6) is 1.57. The van der Waals surface area contributed by atoms with Crippen LogP contribution >= 0.6 is 0 Å². The van der Waals surface area contributed by atoms with E-state index in [1.807, 2.05) is 29.2 Å². The van der Waals surface area contributed by atoms with Gasteiger partial charge in [0, 0.05) is 25.2 Å². The molecule has 1 unspecified atom stereocenters. The zero-order chi connectivity index (χ0) is 21.3. The summed E-state index contributed by atoms with van der Waals surface area (Å²) in [4.78, 5) is 17.0. The lowest BCUT2D eigenvalue weighted by molar-refractivity contribution is 0.191. The number of amides is 2. The fourth-order valence-electron chi connectivity index (χ4n) is 4.05. The van der Waals surface area contributed by atoms with Gasteiger partial charge in [-0.2, -0.15) is 0 Å². The first kappa shape index (κ1) is 22.0. The first-order valence-electron chi connectivity index (χ1n) is 10.6. The topological polar surface area (TPSA) is 54.0 Å². The van der Waals surface area contributed by atoms with Crippen LogP contribution in [0, 0.1) is 0 Å². The number of rotatable bonds is 9. The third kappa shape index (κ3) is 5.66. The van der Waals surface area contributed by atoms with E-state index in [4.69, 9.17) is 9.47 Å². The van der Waals surface area contributed by atoms with Gasteiger partial charge in [0.05, 0.1) is 20.3 Å². The molecule has 0 aliphatic carbocycles. The van der Waals surface area contributed by atoms with E-state index in [-0.39, 0.29) is 12.1 Å². The van der Waals surface area contributed by atoms with Gasteiger partial charge in [-0.1, -0.05) is 30.3 Å². The molecule has 6 heteroatoms. The molecule has 1 fully saturated rings. The fourth-order valence-corrected chi connectivity index (χ4v) is 4.05. The minimum absolute atomic E-state index is 0.00640. The minimum atomic E-state index is -0.00640. The average molecular weight is 412 g/mol. The number of likely N-dealkylation sites (tertiary alicyclic amines) is 1. The van der Waals surface area contributed by atoms with Crippen molar-refractivity contribution in [3.8, 4) is 11.5 Å². The maximum Gasteiger partial charge on any atom is 0.317 e. The van der Waals surface area contributed by atoms with Crippen LogP contribution in [0.15, 0.2) is 48.5 Å². The zero-order valence-electron chi connectivity index (χ0n) is 18.3. The first-order chi connectivity index (χ1) is 14.6. The van der Waals surface area contributed by atoms with Crippen molar-refractivity contribution >= 4 is 6.03 Å². The van der Waals surface area contributed by atoms with Crippen molar-refractivity contribution in [2.45, 2.75) is 31.8 Å². The van der Waals surface area contributed by atoms with E-state index in [1.165, 1.54) is 5.56 Å². The standard InChI is InChI=1S/C24H33N3O3/c1-26(18-19-9-5-4-6-10-19)15-8-14-25-24(28)27-16-7-11-22(27)21-17-20(29-2)12-13-23(21)30-3/h4-6,9-10,12-13,17,22H,7-8,11,14-16,18H2,1-3H3,(H,25,28). The predicted octanol–water partition coefficient (Wildman–Crippen LogP) is 4.07. The lowest BCUT2D eigenvalue weighted by Gasteiger charge is -2.27. The highest BCUT2D eigenvalue weighted by atomic mass is 16.5. The smallest absolute Gasteiger partial charge is 0.317 e. The number of nitrogens with one attached hydrogen (secondary N) is 1. The lowest BCUT2D eigenvalue weighted by Crippen LogP contribution is -2.40. The zero-order valence-corrected chi connectivity index (χ0v) is 18.3. The lowest BCUT2D eigenvalue weighted by atomic mass is 10.0. The normalized spacial score (nSPS) is 16.0. The Bertz CT molecular complexity index is 813. The van der Waals surface area contributed by atoms with Gasteiger partial charge in [-0.3, -0.25) is 0 Å². The van der Waals surface area contributed by atoms with E-state index in [1.54, 1.807) is 14.2 Å². The van der Waals surface area contributed by atoms with Crippen molar-refractivity contribution in [2.75, 3.05) is 40.9 Å². The summed E-state index contributed by atoms with van der Waals surface area (Å²) in [5, 5.41) is 3.10. The van der Waals surface area contributed by atoms with Gasteiger partial charge in [0.25, 0.3) is 0 Å². The van der Waals surface area contributed by atoms with Gasteiger partial charge in [0.1, 0.15) is 11.5 Å². The van der Waals surface area contributed by atoms with Crippen LogP contribution in [0.25, 0.3) is 0 Å².